The van der Waals surface area contributed by atoms with Crippen molar-refractivity contribution in [3.63, 3.8) is 0 Å². The quantitative estimate of drug-likeness (QED) is 0.703. The average molecular weight is 416 g/mol. The predicted octanol–water partition coefficient (Wildman–Crippen LogP) is 4.06. The van der Waals surface area contributed by atoms with Crippen LogP contribution in [-0.2, 0) is 19.1 Å². The first-order valence-corrected chi connectivity index (χ1v) is 11.9. The maximum atomic E-state index is 12.4. The topological polar surface area (TPSA) is 72.5 Å². The van der Waals surface area contributed by atoms with Crippen LogP contribution in [0, 0.1) is 40.9 Å². The zero-order valence-corrected chi connectivity index (χ0v) is 18.9. The molecule has 8 atom stereocenters. The van der Waals surface area contributed by atoms with Crippen molar-refractivity contribution in [2.75, 3.05) is 7.05 Å². The van der Waals surface area contributed by atoms with Gasteiger partial charge in [-0.05, 0) is 73.7 Å². The summed E-state index contributed by atoms with van der Waals surface area (Å²) in [6.07, 6.45) is 8.16. The van der Waals surface area contributed by atoms with Crippen LogP contribution in [0.5, 0.6) is 0 Å². The van der Waals surface area contributed by atoms with Crippen LogP contribution < -0.4 is 5.32 Å². The van der Waals surface area contributed by atoms with Gasteiger partial charge in [-0.15, -0.1) is 0 Å². The lowest BCUT2D eigenvalue weighted by atomic mass is 9.47. The number of hydrogen-bond donors (Lipinski definition) is 1. The molecule has 4 rings (SSSR count). The minimum Gasteiger partial charge on any atom is -0.462 e. The van der Waals surface area contributed by atoms with Crippen molar-refractivity contribution in [2.45, 2.75) is 78.2 Å². The highest BCUT2D eigenvalue weighted by Crippen LogP contribution is 2.65. The van der Waals surface area contributed by atoms with E-state index >= 15 is 0 Å². The van der Waals surface area contributed by atoms with Crippen molar-refractivity contribution in [2.24, 2.45) is 40.9 Å². The molecule has 0 aromatic carbocycles. The minimum absolute atomic E-state index is 0.0171. The van der Waals surface area contributed by atoms with E-state index in [4.69, 9.17) is 4.74 Å². The summed E-state index contributed by atoms with van der Waals surface area (Å²) >= 11 is 0. The molecule has 166 valence electrons. The molecule has 3 saturated carbocycles. The molecule has 0 aromatic heterocycles. The number of hydrogen-bond acceptors (Lipinski definition) is 4. The van der Waals surface area contributed by atoms with E-state index in [1.165, 1.54) is 5.57 Å². The second-order valence-electron chi connectivity index (χ2n) is 10.7. The number of nitrogens with one attached hydrogen (secondary N) is 1. The molecule has 0 saturated heterocycles. The Balaban J connectivity index is 1.51. The monoisotopic (exact) mass is 415 g/mol. The van der Waals surface area contributed by atoms with E-state index in [1.54, 1.807) is 7.05 Å². The molecule has 0 aliphatic heterocycles. The zero-order chi connectivity index (χ0) is 21.6. The van der Waals surface area contributed by atoms with Gasteiger partial charge in [-0.3, -0.25) is 14.4 Å². The lowest BCUT2D eigenvalue weighted by molar-refractivity contribution is -0.163. The molecule has 0 bridgehead atoms. The number of carbonyl (C=O) groups excluding carboxylic acids is 3. The molecular weight excluding hydrogens is 378 g/mol. The van der Waals surface area contributed by atoms with Crippen molar-refractivity contribution < 1.29 is 19.1 Å². The van der Waals surface area contributed by atoms with Gasteiger partial charge < -0.3 is 10.1 Å². The Kier molecular flexibility index (Phi) is 5.84. The zero-order valence-electron chi connectivity index (χ0n) is 18.9. The molecule has 4 aliphatic carbocycles. The smallest absolute Gasteiger partial charge is 0.306 e. The van der Waals surface area contributed by atoms with Crippen molar-refractivity contribution in [1.82, 2.24) is 5.32 Å². The lowest BCUT2D eigenvalue weighted by Crippen LogP contribution is -2.54. The molecule has 4 aliphatic rings. The summed E-state index contributed by atoms with van der Waals surface area (Å²) in [5.74, 6) is 3.50. The fourth-order valence-electron chi connectivity index (χ4n) is 7.84. The summed E-state index contributed by atoms with van der Waals surface area (Å²) in [5.41, 5.74) is 1.43. The van der Waals surface area contributed by atoms with Gasteiger partial charge >= 0.3 is 5.97 Å². The molecule has 0 radical (unpaired) electrons. The van der Waals surface area contributed by atoms with E-state index < -0.39 is 0 Å². The van der Waals surface area contributed by atoms with Gasteiger partial charge in [-0.25, -0.2) is 0 Å². The van der Waals surface area contributed by atoms with Gasteiger partial charge in [0.25, 0.3) is 0 Å². The maximum absolute atomic E-state index is 12.4. The number of rotatable bonds is 4. The third-order valence-corrected chi connectivity index (χ3v) is 8.96. The van der Waals surface area contributed by atoms with Gasteiger partial charge in [-0.2, -0.15) is 0 Å². The van der Waals surface area contributed by atoms with E-state index in [0.29, 0.717) is 47.7 Å². The molecule has 0 heterocycles. The highest BCUT2D eigenvalue weighted by Gasteiger charge is 2.60. The van der Waals surface area contributed by atoms with Crippen molar-refractivity contribution in [3.8, 4) is 0 Å². The van der Waals surface area contributed by atoms with Gasteiger partial charge in [0.2, 0.25) is 5.91 Å². The molecule has 30 heavy (non-hydrogen) atoms. The molecule has 1 N–H and O–H groups in total. The number of allylic oxidation sites excluding steroid dienone is 1. The Morgan fingerprint density at radius 2 is 1.90 bits per heavy atom. The molecule has 0 spiro atoms. The molecule has 0 aromatic rings. The Bertz CT molecular complexity index is 758. The molecule has 1 amide bonds. The van der Waals surface area contributed by atoms with Crippen LogP contribution in [-0.4, -0.2) is 30.8 Å². The maximum Gasteiger partial charge on any atom is 0.306 e. The summed E-state index contributed by atoms with van der Waals surface area (Å²) in [6, 6.07) is 0. The van der Waals surface area contributed by atoms with Crippen LogP contribution >= 0.6 is 0 Å². The molecule has 5 nitrogen and oxygen atoms in total. The van der Waals surface area contributed by atoms with Gasteiger partial charge in [-0.1, -0.05) is 26.3 Å². The van der Waals surface area contributed by atoms with Gasteiger partial charge in [0.05, 0.1) is 6.42 Å². The largest absolute Gasteiger partial charge is 0.462 e. The first kappa shape index (κ1) is 21.6. The van der Waals surface area contributed by atoms with Gasteiger partial charge in [0, 0.05) is 25.3 Å². The van der Waals surface area contributed by atoms with Crippen molar-refractivity contribution in [1.29, 1.82) is 0 Å². The van der Waals surface area contributed by atoms with Crippen LogP contribution in [0.4, 0.5) is 0 Å². The third kappa shape index (κ3) is 3.62. The Morgan fingerprint density at radius 1 is 1.13 bits per heavy atom. The normalized spacial score (nSPS) is 42.5. The Morgan fingerprint density at radius 3 is 2.63 bits per heavy atom. The first-order valence-electron chi connectivity index (χ1n) is 11.9. The van der Waals surface area contributed by atoms with Crippen LogP contribution in [0.25, 0.3) is 0 Å². The van der Waals surface area contributed by atoms with E-state index in [1.807, 2.05) is 6.08 Å². The van der Waals surface area contributed by atoms with Gasteiger partial charge in [0.15, 0.2) is 5.78 Å². The van der Waals surface area contributed by atoms with Gasteiger partial charge in [0.1, 0.15) is 6.10 Å². The minimum atomic E-state index is -0.243. The van der Waals surface area contributed by atoms with Crippen LogP contribution in [0.1, 0.15) is 72.1 Å². The SMILES string of the molecule is CNC(=O)CCC(=O)O[C@H]1CCC2C3C([C@@H](C)C[C@@]21C)[C@H]1CCC(=O)C=C1C[C@H]3C. The van der Waals surface area contributed by atoms with E-state index in [9.17, 15) is 14.4 Å². The summed E-state index contributed by atoms with van der Waals surface area (Å²) < 4.78 is 5.99. The molecule has 5 heteroatoms. The van der Waals surface area contributed by atoms with Crippen LogP contribution in [0.3, 0.4) is 0 Å². The number of ketones is 1. The van der Waals surface area contributed by atoms with Crippen LogP contribution in [0.2, 0.25) is 0 Å². The number of carbonyl (C=O) groups is 3. The molecule has 3 unspecified atom stereocenters. The van der Waals surface area contributed by atoms with E-state index in [-0.39, 0.29) is 36.2 Å². The number of ether oxygens (including phenoxy) is 1. The predicted molar refractivity (Wildman–Crippen MR) is 114 cm³/mol. The standard InChI is InChI=1S/C25H37NO4/c1-14-11-16-12-17(27)5-6-18(16)23-15(2)13-25(3)19(24(14)23)7-8-20(25)30-22(29)10-9-21(28)26-4/h12,14-15,18-20,23-24H,5-11,13H2,1-4H3,(H,26,28)/t14-,15+,18+,19?,20+,23?,24?,25+/m1/s1. The van der Waals surface area contributed by atoms with Crippen molar-refractivity contribution in [3.05, 3.63) is 11.6 Å². The molecular formula is C25H37NO4. The number of fused-ring (bicyclic) bond motifs is 5. The van der Waals surface area contributed by atoms with Crippen LogP contribution in [0.15, 0.2) is 11.6 Å². The third-order valence-electron chi connectivity index (χ3n) is 8.96. The lowest BCUT2D eigenvalue weighted by Gasteiger charge is -2.58. The molecule has 3 fully saturated rings. The highest BCUT2D eigenvalue weighted by atomic mass is 16.5. The fraction of sp³-hybridized carbons (Fsp3) is 0.800. The number of amides is 1. The first-order chi connectivity index (χ1) is 14.2. The second-order valence-corrected chi connectivity index (χ2v) is 10.7. The summed E-state index contributed by atoms with van der Waals surface area (Å²) in [5, 5.41) is 2.56. The number of esters is 1. The average Bonchev–Trinajstić information content (AvgIpc) is 3.01. The van der Waals surface area contributed by atoms with Crippen molar-refractivity contribution >= 4 is 17.7 Å². The van der Waals surface area contributed by atoms with E-state index in [2.05, 4.69) is 26.1 Å². The summed E-state index contributed by atoms with van der Waals surface area (Å²) in [7, 11) is 1.59. The fourth-order valence-corrected chi connectivity index (χ4v) is 7.84. The Labute approximate surface area is 180 Å². The Hall–Kier alpha value is -1.65. The summed E-state index contributed by atoms with van der Waals surface area (Å²) in [6.45, 7) is 7.10. The highest BCUT2D eigenvalue weighted by molar-refractivity contribution is 5.91. The summed E-state index contributed by atoms with van der Waals surface area (Å²) in [4.78, 5) is 35.9. The second kappa shape index (κ2) is 8.12. The van der Waals surface area contributed by atoms with E-state index in [0.717, 1.165) is 32.1 Å².